The molecule has 84 valence electrons. The molecule has 1 rings (SSSR count). The SMILES string of the molecule is COc1cc(NCC(C)C)cc(OC)c1. The molecule has 0 aliphatic rings. The van der Waals surface area contributed by atoms with Crippen molar-refractivity contribution in [3.05, 3.63) is 18.2 Å². The maximum atomic E-state index is 5.18. The van der Waals surface area contributed by atoms with E-state index in [2.05, 4.69) is 19.2 Å². The van der Waals surface area contributed by atoms with Gasteiger partial charge in [0.1, 0.15) is 11.5 Å². The molecule has 0 fully saturated rings. The molecule has 0 heterocycles. The number of methoxy groups -OCH3 is 2. The highest BCUT2D eigenvalue weighted by Crippen LogP contribution is 2.25. The number of benzene rings is 1. The predicted octanol–water partition coefficient (Wildman–Crippen LogP) is 2.77. The van der Waals surface area contributed by atoms with Crippen molar-refractivity contribution in [2.45, 2.75) is 13.8 Å². The van der Waals surface area contributed by atoms with Crippen molar-refractivity contribution in [1.82, 2.24) is 0 Å². The molecule has 0 spiro atoms. The Kier molecular flexibility index (Phi) is 4.28. The normalized spacial score (nSPS) is 10.2. The van der Waals surface area contributed by atoms with Crippen LogP contribution in [0.1, 0.15) is 13.8 Å². The van der Waals surface area contributed by atoms with Crippen molar-refractivity contribution in [2.75, 3.05) is 26.1 Å². The van der Waals surface area contributed by atoms with Crippen LogP contribution < -0.4 is 14.8 Å². The summed E-state index contributed by atoms with van der Waals surface area (Å²) < 4.78 is 10.4. The second-order valence-electron chi connectivity index (χ2n) is 3.88. The lowest BCUT2D eigenvalue weighted by atomic mass is 10.2. The van der Waals surface area contributed by atoms with Crippen molar-refractivity contribution in [1.29, 1.82) is 0 Å². The van der Waals surface area contributed by atoms with Crippen LogP contribution in [0.4, 0.5) is 5.69 Å². The van der Waals surface area contributed by atoms with Crippen molar-refractivity contribution in [3.63, 3.8) is 0 Å². The van der Waals surface area contributed by atoms with Crippen molar-refractivity contribution < 1.29 is 9.47 Å². The van der Waals surface area contributed by atoms with Crippen LogP contribution >= 0.6 is 0 Å². The maximum Gasteiger partial charge on any atom is 0.124 e. The predicted molar refractivity (Wildman–Crippen MR) is 62.9 cm³/mol. The minimum absolute atomic E-state index is 0.613. The number of ether oxygens (including phenoxy) is 2. The first-order valence-electron chi connectivity index (χ1n) is 5.12. The van der Waals surface area contributed by atoms with E-state index in [0.29, 0.717) is 5.92 Å². The van der Waals surface area contributed by atoms with Crippen LogP contribution in [0.15, 0.2) is 18.2 Å². The lowest BCUT2D eigenvalue weighted by Gasteiger charge is -2.12. The molecule has 0 unspecified atom stereocenters. The van der Waals surface area contributed by atoms with Crippen molar-refractivity contribution >= 4 is 5.69 Å². The average Bonchev–Trinajstić information content (AvgIpc) is 2.25. The summed E-state index contributed by atoms with van der Waals surface area (Å²) in [5.41, 5.74) is 1.03. The first kappa shape index (κ1) is 11.7. The van der Waals surface area contributed by atoms with Gasteiger partial charge in [-0.25, -0.2) is 0 Å². The number of rotatable bonds is 5. The molecule has 0 amide bonds. The summed E-state index contributed by atoms with van der Waals surface area (Å²) in [5.74, 6) is 2.23. The Labute approximate surface area is 91.4 Å². The van der Waals surface area contributed by atoms with Gasteiger partial charge < -0.3 is 14.8 Å². The van der Waals surface area contributed by atoms with Gasteiger partial charge in [0.05, 0.1) is 14.2 Å². The van der Waals surface area contributed by atoms with Gasteiger partial charge in [-0.05, 0) is 5.92 Å². The topological polar surface area (TPSA) is 30.5 Å². The second kappa shape index (κ2) is 5.49. The summed E-state index contributed by atoms with van der Waals surface area (Å²) in [7, 11) is 3.31. The van der Waals surface area contributed by atoms with E-state index in [1.54, 1.807) is 14.2 Å². The van der Waals surface area contributed by atoms with Crippen LogP contribution in [0.3, 0.4) is 0 Å². The lowest BCUT2D eigenvalue weighted by molar-refractivity contribution is 0.394. The van der Waals surface area contributed by atoms with Crippen molar-refractivity contribution in [2.24, 2.45) is 5.92 Å². The third-order valence-corrected chi connectivity index (χ3v) is 2.07. The van der Waals surface area contributed by atoms with Gasteiger partial charge in [-0.15, -0.1) is 0 Å². The van der Waals surface area contributed by atoms with Crippen LogP contribution in [-0.4, -0.2) is 20.8 Å². The Balaban J connectivity index is 2.77. The molecule has 0 aliphatic heterocycles. The third kappa shape index (κ3) is 3.70. The molecule has 1 aromatic carbocycles. The Morgan fingerprint density at radius 1 is 1.07 bits per heavy atom. The number of hydrogen-bond donors (Lipinski definition) is 1. The molecule has 15 heavy (non-hydrogen) atoms. The molecular formula is C12H19NO2. The van der Waals surface area contributed by atoms with E-state index in [0.717, 1.165) is 23.7 Å². The largest absolute Gasteiger partial charge is 0.497 e. The molecule has 0 saturated heterocycles. The Morgan fingerprint density at radius 2 is 1.60 bits per heavy atom. The van der Waals surface area contributed by atoms with E-state index in [4.69, 9.17) is 9.47 Å². The fourth-order valence-electron chi connectivity index (χ4n) is 1.23. The fourth-order valence-corrected chi connectivity index (χ4v) is 1.23. The molecule has 0 saturated carbocycles. The van der Waals surface area contributed by atoms with Gasteiger partial charge in [0, 0.05) is 30.4 Å². The van der Waals surface area contributed by atoms with Gasteiger partial charge >= 0.3 is 0 Å². The van der Waals surface area contributed by atoms with Gasteiger partial charge in [-0.2, -0.15) is 0 Å². The second-order valence-corrected chi connectivity index (χ2v) is 3.88. The monoisotopic (exact) mass is 209 g/mol. The minimum atomic E-state index is 0.613. The highest BCUT2D eigenvalue weighted by atomic mass is 16.5. The van der Waals surface area contributed by atoms with E-state index >= 15 is 0 Å². The summed E-state index contributed by atoms with van der Waals surface area (Å²) in [5, 5.41) is 3.33. The minimum Gasteiger partial charge on any atom is -0.497 e. The number of hydrogen-bond acceptors (Lipinski definition) is 3. The van der Waals surface area contributed by atoms with E-state index < -0.39 is 0 Å². The molecule has 0 bridgehead atoms. The highest BCUT2D eigenvalue weighted by molar-refractivity contribution is 5.53. The summed E-state index contributed by atoms with van der Waals surface area (Å²) in [6, 6.07) is 5.79. The number of anilines is 1. The van der Waals surface area contributed by atoms with Crippen LogP contribution in [0.25, 0.3) is 0 Å². The summed E-state index contributed by atoms with van der Waals surface area (Å²) in [6.45, 7) is 5.28. The zero-order chi connectivity index (χ0) is 11.3. The van der Waals surface area contributed by atoms with Crippen LogP contribution in [0.2, 0.25) is 0 Å². The zero-order valence-electron chi connectivity index (χ0n) is 9.83. The van der Waals surface area contributed by atoms with Crippen LogP contribution in [0.5, 0.6) is 11.5 Å². The van der Waals surface area contributed by atoms with E-state index in [9.17, 15) is 0 Å². The fraction of sp³-hybridized carbons (Fsp3) is 0.500. The molecule has 0 aliphatic carbocycles. The molecular weight excluding hydrogens is 190 g/mol. The van der Waals surface area contributed by atoms with Gasteiger partial charge in [0.15, 0.2) is 0 Å². The third-order valence-electron chi connectivity index (χ3n) is 2.07. The molecule has 1 N–H and O–H groups in total. The average molecular weight is 209 g/mol. The quantitative estimate of drug-likeness (QED) is 0.808. The van der Waals surface area contributed by atoms with Crippen LogP contribution in [-0.2, 0) is 0 Å². The highest BCUT2D eigenvalue weighted by Gasteiger charge is 2.01. The zero-order valence-corrected chi connectivity index (χ0v) is 9.83. The van der Waals surface area contributed by atoms with Gasteiger partial charge in [-0.3, -0.25) is 0 Å². The standard InChI is InChI=1S/C12H19NO2/c1-9(2)8-13-10-5-11(14-3)7-12(6-10)15-4/h5-7,9,13H,8H2,1-4H3. The first-order chi connectivity index (χ1) is 7.15. The lowest BCUT2D eigenvalue weighted by Crippen LogP contribution is -2.08. The number of nitrogens with one attached hydrogen (secondary N) is 1. The molecule has 3 heteroatoms. The molecule has 1 aromatic rings. The molecule has 3 nitrogen and oxygen atoms in total. The van der Waals surface area contributed by atoms with Crippen molar-refractivity contribution in [3.8, 4) is 11.5 Å². The first-order valence-corrected chi connectivity index (χ1v) is 5.12. The summed E-state index contributed by atoms with van der Waals surface area (Å²) >= 11 is 0. The molecule has 0 radical (unpaired) electrons. The smallest absolute Gasteiger partial charge is 0.124 e. The van der Waals surface area contributed by atoms with E-state index in [-0.39, 0.29) is 0 Å². The van der Waals surface area contributed by atoms with Gasteiger partial charge in [0.2, 0.25) is 0 Å². The molecule has 0 aromatic heterocycles. The maximum absolute atomic E-state index is 5.18. The Morgan fingerprint density at radius 3 is 2.00 bits per heavy atom. The van der Waals surface area contributed by atoms with E-state index in [1.165, 1.54) is 0 Å². The summed E-state index contributed by atoms with van der Waals surface area (Å²) in [4.78, 5) is 0. The Bertz CT molecular complexity index is 288. The van der Waals surface area contributed by atoms with Crippen LogP contribution in [0, 0.1) is 5.92 Å². The van der Waals surface area contributed by atoms with Gasteiger partial charge in [-0.1, -0.05) is 13.8 Å². The van der Waals surface area contributed by atoms with E-state index in [1.807, 2.05) is 18.2 Å². The Hall–Kier alpha value is -1.38. The summed E-state index contributed by atoms with van der Waals surface area (Å²) in [6.07, 6.45) is 0. The van der Waals surface area contributed by atoms with Gasteiger partial charge in [0.25, 0.3) is 0 Å². The molecule has 0 atom stereocenters.